The summed E-state index contributed by atoms with van der Waals surface area (Å²) in [6.07, 6.45) is 0.328. The van der Waals surface area contributed by atoms with Crippen molar-refractivity contribution in [2.75, 3.05) is 0 Å². The van der Waals surface area contributed by atoms with Gasteiger partial charge in [0, 0.05) is 10.9 Å². The largest absolute Gasteiger partial charge is 0.294 e. The van der Waals surface area contributed by atoms with Gasteiger partial charge in [-0.3, -0.25) is 4.79 Å². The Morgan fingerprint density at radius 1 is 1.53 bits per heavy atom. The SMILES string of the molecule is CC(C)CC(=O)c1ccc(Br)c(Cl)c1F. The summed E-state index contributed by atoms with van der Waals surface area (Å²) in [5, 5.41) is -0.0374. The maximum Gasteiger partial charge on any atom is 0.166 e. The molecule has 1 aromatic rings. The molecule has 1 aromatic carbocycles. The molecule has 0 atom stereocenters. The van der Waals surface area contributed by atoms with Crippen LogP contribution in [0.25, 0.3) is 0 Å². The number of rotatable bonds is 3. The van der Waals surface area contributed by atoms with Gasteiger partial charge in [-0.15, -0.1) is 0 Å². The van der Waals surface area contributed by atoms with Crippen LogP contribution in [-0.4, -0.2) is 5.78 Å². The second-order valence-electron chi connectivity index (χ2n) is 3.74. The van der Waals surface area contributed by atoms with Gasteiger partial charge in [-0.05, 0) is 34.0 Å². The van der Waals surface area contributed by atoms with Crippen LogP contribution >= 0.6 is 27.5 Å². The van der Waals surface area contributed by atoms with Gasteiger partial charge in [-0.1, -0.05) is 25.4 Å². The Bertz CT molecular complexity index is 390. The van der Waals surface area contributed by atoms with E-state index in [2.05, 4.69) is 15.9 Å². The van der Waals surface area contributed by atoms with Gasteiger partial charge in [-0.2, -0.15) is 0 Å². The molecule has 0 amide bonds. The summed E-state index contributed by atoms with van der Waals surface area (Å²) in [7, 11) is 0. The molecule has 4 heteroatoms. The van der Waals surface area contributed by atoms with E-state index >= 15 is 0 Å². The average Bonchev–Trinajstić information content (AvgIpc) is 2.13. The molecule has 0 aliphatic rings. The monoisotopic (exact) mass is 292 g/mol. The van der Waals surface area contributed by atoms with Crippen LogP contribution in [0.2, 0.25) is 5.02 Å². The second kappa shape index (κ2) is 5.08. The first kappa shape index (κ1) is 12.7. The van der Waals surface area contributed by atoms with E-state index in [0.29, 0.717) is 10.9 Å². The fraction of sp³-hybridized carbons (Fsp3) is 0.364. The lowest BCUT2D eigenvalue weighted by Crippen LogP contribution is -2.06. The zero-order valence-corrected chi connectivity index (χ0v) is 10.8. The first-order chi connectivity index (χ1) is 6.93. The molecule has 15 heavy (non-hydrogen) atoms. The van der Waals surface area contributed by atoms with Crippen LogP contribution in [0.3, 0.4) is 0 Å². The third-order valence-corrected chi connectivity index (χ3v) is 3.19. The number of halogens is 3. The van der Waals surface area contributed by atoms with Crippen molar-refractivity contribution in [3.63, 3.8) is 0 Å². The third kappa shape index (κ3) is 3.02. The third-order valence-electron chi connectivity index (χ3n) is 1.93. The quantitative estimate of drug-likeness (QED) is 0.593. The van der Waals surface area contributed by atoms with Gasteiger partial charge >= 0.3 is 0 Å². The molecule has 0 saturated carbocycles. The molecular weight excluding hydrogens is 282 g/mol. The number of carbonyl (C=O) groups excluding carboxylic acids is 1. The summed E-state index contributed by atoms with van der Waals surface area (Å²) < 4.78 is 14.0. The predicted octanol–water partition coefficient (Wildman–Crippen LogP) is 4.47. The van der Waals surface area contributed by atoms with Crippen molar-refractivity contribution in [3.8, 4) is 0 Å². The van der Waals surface area contributed by atoms with E-state index in [9.17, 15) is 9.18 Å². The van der Waals surface area contributed by atoms with E-state index in [1.807, 2.05) is 13.8 Å². The van der Waals surface area contributed by atoms with Crippen molar-refractivity contribution < 1.29 is 9.18 Å². The standard InChI is InChI=1S/C11H11BrClFO/c1-6(2)5-9(15)7-3-4-8(12)10(13)11(7)14/h3-4,6H,5H2,1-2H3. The Morgan fingerprint density at radius 3 is 2.67 bits per heavy atom. The molecule has 0 N–H and O–H groups in total. The molecule has 0 aliphatic carbocycles. The highest BCUT2D eigenvalue weighted by Crippen LogP contribution is 2.28. The predicted molar refractivity (Wildman–Crippen MR) is 62.9 cm³/mol. The van der Waals surface area contributed by atoms with E-state index in [1.165, 1.54) is 6.07 Å². The van der Waals surface area contributed by atoms with Crippen molar-refractivity contribution in [1.29, 1.82) is 0 Å². The first-order valence-electron chi connectivity index (χ1n) is 4.60. The number of benzene rings is 1. The minimum absolute atomic E-state index is 0.0374. The van der Waals surface area contributed by atoms with Crippen molar-refractivity contribution >= 4 is 33.3 Å². The molecule has 0 radical (unpaired) electrons. The lowest BCUT2D eigenvalue weighted by Gasteiger charge is -2.07. The molecule has 0 saturated heterocycles. The van der Waals surface area contributed by atoms with E-state index in [1.54, 1.807) is 6.07 Å². The Labute approximate surface area is 102 Å². The van der Waals surface area contributed by atoms with Gasteiger partial charge in [0.1, 0.15) is 0 Å². The molecule has 0 heterocycles. The van der Waals surface area contributed by atoms with Gasteiger partial charge < -0.3 is 0 Å². The molecule has 0 unspecified atom stereocenters. The number of ketones is 1. The molecule has 0 aliphatic heterocycles. The Balaban J connectivity index is 3.06. The number of hydrogen-bond acceptors (Lipinski definition) is 1. The van der Waals surface area contributed by atoms with E-state index in [-0.39, 0.29) is 22.3 Å². The fourth-order valence-electron chi connectivity index (χ4n) is 1.22. The van der Waals surface area contributed by atoms with Crippen LogP contribution in [-0.2, 0) is 0 Å². The van der Waals surface area contributed by atoms with Crippen LogP contribution in [0, 0.1) is 11.7 Å². The minimum Gasteiger partial charge on any atom is -0.294 e. The number of carbonyl (C=O) groups is 1. The van der Waals surface area contributed by atoms with Crippen LogP contribution in [0.4, 0.5) is 4.39 Å². The first-order valence-corrected chi connectivity index (χ1v) is 5.77. The van der Waals surface area contributed by atoms with Crippen molar-refractivity contribution in [2.24, 2.45) is 5.92 Å². The Kier molecular flexibility index (Phi) is 4.29. The van der Waals surface area contributed by atoms with Crippen molar-refractivity contribution in [1.82, 2.24) is 0 Å². The normalized spacial score (nSPS) is 10.8. The molecule has 0 bridgehead atoms. The zero-order chi connectivity index (χ0) is 11.6. The smallest absolute Gasteiger partial charge is 0.166 e. The summed E-state index contributed by atoms with van der Waals surface area (Å²) in [5.41, 5.74) is 0.0666. The van der Waals surface area contributed by atoms with Crippen LogP contribution in [0.15, 0.2) is 16.6 Å². The summed E-state index contributed by atoms with van der Waals surface area (Å²) in [4.78, 5) is 11.6. The Morgan fingerprint density at radius 2 is 2.13 bits per heavy atom. The molecular formula is C11H11BrClFO. The van der Waals surface area contributed by atoms with E-state index < -0.39 is 5.82 Å². The topological polar surface area (TPSA) is 17.1 Å². The van der Waals surface area contributed by atoms with E-state index in [4.69, 9.17) is 11.6 Å². The molecule has 0 aromatic heterocycles. The van der Waals surface area contributed by atoms with Crippen molar-refractivity contribution in [3.05, 3.63) is 33.0 Å². The Hall–Kier alpha value is -0.410. The summed E-state index contributed by atoms with van der Waals surface area (Å²) in [5.74, 6) is -0.645. The highest BCUT2D eigenvalue weighted by molar-refractivity contribution is 9.10. The molecule has 0 spiro atoms. The average molecular weight is 294 g/mol. The second-order valence-corrected chi connectivity index (χ2v) is 4.98. The number of hydrogen-bond donors (Lipinski definition) is 0. The number of Topliss-reactive ketones (excluding diaryl/α,β-unsaturated/α-hetero) is 1. The van der Waals surface area contributed by atoms with Gasteiger partial charge in [0.15, 0.2) is 11.6 Å². The maximum atomic E-state index is 13.6. The maximum absolute atomic E-state index is 13.6. The van der Waals surface area contributed by atoms with Gasteiger partial charge in [0.05, 0.1) is 10.6 Å². The summed E-state index contributed by atoms with van der Waals surface area (Å²) >= 11 is 8.79. The lowest BCUT2D eigenvalue weighted by atomic mass is 10.0. The molecule has 82 valence electrons. The van der Waals surface area contributed by atoms with Gasteiger partial charge in [0.2, 0.25) is 0 Å². The van der Waals surface area contributed by atoms with Crippen LogP contribution < -0.4 is 0 Å². The van der Waals surface area contributed by atoms with Crippen molar-refractivity contribution in [2.45, 2.75) is 20.3 Å². The molecule has 0 fully saturated rings. The summed E-state index contributed by atoms with van der Waals surface area (Å²) in [6, 6.07) is 3.04. The van der Waals surface area contributed by atoms with Gasteiger partial charge in [-0.25, -0.2) is 4.39 Å². The highest BCUT2D eigenvalue weighted by atomic mass is 79.9. The van der Waals surface area contributed by atoms with Gasteiger partial charge in [0.25, 0.3) is 0 Å². The summed E-state index contributed by atoms with van der Waals surface area (Å²) in [6.45, 7) is 3.83. The highest BCUT2D eigenvalue weighted by Gasteiger charge is 2.16. The fourth-order valence-corrected chi connectivity index (χ4v) is 1.69. The van der Waals surface area contributed by atoms with Crippen LogP contribution in [0.1, 0.15) is 30.6 Å². The minimum atomic E-state index is -0.642. The zero-order valence-electron chi connectivity index (χ0n) is 8.48. The molecule has 1 nitrogen and oxygen atoms in total. The lowest BCUT2D eigenvalue weighted by molar-refractivity contribution is 0.0964. The van der Waals surface area contributed by atoms with Crippen LogP contribution in [0.5, 0.6) is 0 Å². The molecule has 1 rings (SSSR count). The van der Waals surface area contributed by atoms with E-state index in [0.717, 1.165) is 0 Å².